The summed E-state index contributed by atoms with van der Waals surface area (Å²) >= 11 is 3.29. The maximum absolute atomic E-state index is 11.7. The van der Waals surface area contributed by atoms with Crippen molar-refractivity contribution in [1.82, 2.24) is 4.98 Å². The van der Waals surface area contributed by atoms with Crippen molar-refractivity contribution in [2.24, 2.45) is 0 Å². The molecule has 1 amide bonds. The fourth-order valence-corrected chi connectivity index (χ4v) is 1.79. The first-order chi connectivity index (χ1) is 10.1. The monoisotopic (exact) mass is 350 g/mol. The van der Waals surface area contributed by atoms with Gasteiger partial charge in [-0.05, 0) is 36.4 Å². The van der Waals surface area contributed by atoms with Crippen LogP contribution < -0.4 is 10.1 Å². The Morgan fingerprint density at radius 1 is 1.24 bits per heavy atom. The molecule has 2 aromatic rings. The highest BCUT2D eigenvalue weighted by Gasteiger charge is 2.13. The lowest BCUT2D eigenvalue weighted by Gasteiger charge is -2.08. The fraction of sp³-hybridized carbons (Fsp3) is 0.0714. The van der Waals surface area contributed by atoms with Crippen molar-refractivity contribution < 1.29 is 19.4 Å². The van der Waals surface area contributed by atoms with E-state index in [-0.39, 0.29) is 18.0 Å². The first-order valence-electron chi connectivity index (χ1n) is 5.93. The molecule has 1 aromatic carbocycles. The molecule has 7 heteroatoms. The topological polar surface area (TPSA) is 88.5 Å². The Labute approximate surface area is 128 Å². The lowest BCUT2D eigenvalue weighted by Crippen LogP contribution is -2.22. The van der Waals surface area contributed by atoms with Gasteiger partial charge in [0, 0.05) is 10.7 Å². The van der Waals surface area contributed by atoms with Gasteiger partial charge in [-0.3, -0.25) is 4.79 Å². The average molecular weight is 351 g/mol. The number of carboxylic acids is 1. The quantitative estimate of drug-likeness (QED) is 0.864. The number of anilines is 1. The zero-order valence-electron chi connectivity index (χ0n) is 10.7. The Kier molecular flexibility index (Phi) is 4.89. The van der Waals surface area contributed by atoms with Crippen molar-refractivity contribution in [3.63, 3.8) is 0 Å². The molecule has 0 saturated heterocycles. The number of carboxylic acid groups (broad SMARTS) is 1. The molecule has 21 heavy (non-hydrogen) atoms. The minimum Gasteiger partial charge on any atom is -0.484 e. The summed E-state index contributed by atoms with van der Waals surface area (Å²) in [5.74, 6) is -1.12. The SMILES string of the molecule is O=C(COc1ccc(Br)cc1)Nc1ncccc1C(=O)O. The number of hydrogen-bond donors (Lipinski definition) is 2. The van der Waals surface area contributed by atoms with Crippen LogP contribution in [-0.4, -0.2) is 28.6 Å². The first-order valence-corrected chi connectivity index (χ1v) is 6.72. The van der Waals surface area contributed by atoms with E-state index in [9.17, 15) is 9.59 Å². The van der Waals surface area contributed by atoms with Crippen LogP contribution in [0.5, 0.6) is 5.75 Å². The van der Waals surface area contributed by atoms with Gasteiger partial charge in [0.2, 0.25) is 0 Å². The molecule has 0 fully saturated rings. The van der Waals surface area contributed by atoms with Gasteiger partial charge >= 0.3 is 5.97 Å². The van der Waals surface area contributed by atoms with E-state index in [1.165, 1.54) is 18.3 Å². The standard InChI is InChI=1S/C14H11BrN2O4/c15-9-3-5-10(6-4-9)21-8-12(18)17-13-11(14(19)20)2-1-7-16-13/h1-7H,8H2,(H,19,20)(H,16,17,18). The maximum Gasteiger partial charge on any atom is 0.339 e. The highest BCUT2D eigenvalue weighted by atomic mass is 79.9. The van der Waals surface area contributed by atoms with Crippen LogP contribution in [0.15, 0.2) is 47.1 Å². The number of rotatable bonds is 5. The molecule has 0 aliphatic rings. The summed E-state index contributed by atoms with van der Waals surface area (Å²) in [5.41, 5.74) is -0.0745. The number of hydrogen-bond acceptors (Lipinski definition) is 4. The third-order valence-corrected chi connectivity index (χ3v) is 3.01. The number of ether oxygens (including phenoxy) is 1. The Hall–Kier alpha value is -2.41. The van der Waals surface area contributed by atoms with Crippen LogP contribution in [0.25, 0.3) is 0 Å². The smallest absolute Gasteiger partial charge is 0.339 e. The molecule has 0 atom stereocenters. The Morgan fingerprint density at radius 2 is 1.95 bits per heavy atom. The van der Waals surface area contributed by atoms with Crippen molar-refractivity contribution in [1.29, 1.82) is 0 Å². The number of halogens is 1. The predicted octanol–water partition coefficient (Wildman–Crippen LogP) is 2.56. The van der Waals surface area contributed by atoms with Crippen LogP contribution in [0.4, 0.5) is 5.82 Å². The third kappa shape index (κ3) is 4.28. The van der Waals surface area contributed by atoms with Gasteiger partial charge in [0.15, 0.2) is 6.61 Å². The van der Waals surface area contributed by atoms with Crippen molar-refractivity contribution in [2.75, 3.05) is 11.9 Å². The third-order valence-electron chi connectivity index (χ3n) is 2.48. The lowest BCUT2D eigenvalue weighted by molar-refractivity contribution is -0.118. The summed E-state index contributed by atoms with van der Waals surface area (Å²) in [6.45, 7) is -0.239. The van der Waals surface area contributed by atoms with E-state index in [0.717, 1.165) is 4.47 Å². The van der Waals surface area contributed by atoms with E-state index in [1.807, 2.05) is 0 Å². The predicted molar refractivity (Wildman–Crippen MR) is 79.5 cm³/mol. The van der Waals surface area contributed by atoms with Gasteiger partial charge in [0.25, 0.3) is 5.91 Å². The summed E-state index contributed by atoms with van der Waals surface area (Å²) in [4.78, 5) is 26.6. The molecule has 1 aromatic heterocycles. The second-order valence-corrected chi connectivity index (χ2v) is 4.91. The van der Waals surface area contributed by atoms with Gasteiger partial charge < -0.3 is 15.2 Å². The average Bonchev–Trinajstić information content (AvgIpc) is 2.47. The van der Waals surface area contributed by atoms with E-state index >= 15 is 0 Å². The number of carbonyl (C=O) groups excluding carboxylic acids is 1. The zero-order chi connectivity index (χ0) is 15.2. The summed E-state index contributed by atoms with van der Waals surface area (Å²) in [6.07, 6.45) is 1.40. The van der Waals surface area contributed by atoms with Gasteiger partial charge in [-0.25, -0.2) is 9.78 Å². The molecular formula is C14H11BrN2O4. The number of aromatic nitrogens is 1. The maximum atomic E-state index is 11.7. The summed E-state index contributed by atoms with van der Waals surface area (Å²) < 4.78 is 6.19. The number of benzene rings is 1. The molecule has 0 aliphatic carbocycles. The lowest BCUT2D eigenvalue weighted by atomic mass is 10.2. The van der Waals surface area contributed by atoms with E-state index < -0.39 is 11.9 Å². The fourth-order valence-electron chi connectivity index (χ4n) is 1.53. The molecule has 0 aliphatic heterocycles. The van der Waals surface area contributed by atoms with Crippen LogP contribution in [0.1, 0.15) is 10.4 Å². The molecular weight excluding hydrogens is 340 g/mol. The van der Waals surface area contributed by atoms with Crippen LogP contribution >= 0.6 is 15.9 Å². The molecule has 2 rings (SSSR count). The minimum absolute atomic E-state index is 0.00518. The van der Waals surface area contributed by atoms with Crippen LogP contribution in [0.3, 0.4) is 0 Å². The van der Waals surface area contributed by atoms with Crippen molar-refractivity contribution >= 4 is 33.6 Å². The highest BCUT2D eigenvalue weighted by molar-refractivity contribution is 9.10. The van der Waals surface area contributed by atoms with Gasteiger partial charge in [-0.1, -0.05) is 15.9 Å². The van der Waals surface area contributed by atoms with Gasteiger partial charge in [-0.2, -0.15) is 0 Å². The summed E-state index contributed by atoms with van der Waals surface area (Å²) in [7, 11) is 0. The molecule has 0 spiro atoms. The molecule has 0 radical (unpaired) electrons. The van der Waals surface area contributed by atoms with E-state index in [0.29, 0.717) is 5.75 Å². The highest BCUT2D eigenvalue weighted by Crippen LogP contribution is 2.16. The molecule has 0 bridgehead atoms. The molecule has 2 N–H and O–H groups in total. The first kappa shape index (κ1) is 15.0. The van der Waals surface area contributed by atoms with E-state index in [1.54, 1.807) is 24.3 Å². The number of amides is 1. The second-order valence-electron chi connectivity index (χ2n) is 4.00. The van der Waals surface area contributed by atoms with Gasteiger partial charge in [0.05, 0.1) is 0 Å². The van der Waals surface area contributed by atoms with E-state index in [2.05, 4.69) is 26.2 Å². The van der Waals surface area contributed by atoms with Gasteiger partial charge in [-0.15, -0.1) is 0 Å². The molecule has 0 unspecified atom stereocenters. The van der Waals surface area contributed by atoms with Crippen molar-refractivity contribution in [3.8, 4) is 5.75 Å². The van der Waals surface area contributed by atoms with Crippen LogP contribution in [0, 0.1) is 0 Å². The Balaban J connectivity index is 1.96. The van der Waals surface area contributed by atoms with E-state index in [4.69, 9.17) is 9.84 Å². The van der Waals surface area contributed by atoms with Crippen LogP contribution in [0.2, 0.25) is 0 Å². The van der Waals surface area contributed by atoms with Crippen molar-refractivity contribution in [2.45, 2.75) is 0 Å². The number of nitrogens with one attached hydrogen (secondary N) is 1. The summed E-state index contributed by atoms with van der Waals surface area (Å²) in [6, 6.07) is 9.84. The second kappa shape index (κ2) is 6.85. The number of aromatic carboxylic acids is 1. The number of nitrogens with zero attached hydrogens (tertiary/aromatic N) is 1. The van der Waals surface area contributed by atoms with Crippen molar-refractivity contribution in [3.05, 3.63) is 52.6 Å². The zero-order valence-corrected chi connectivity index (χ0v) is 12.3. The normalized spacial score (nSPS) is 9.95. The minimum atomic E-state index is -1.16. The number of carbonyl (C=O) groups is 2. The molecule has 0 saturated carbocycles. The number of pyridine rings is 1. The molecule has 108 valence electrons. The largest absolute Gasteiger partial charge is 0.484 e. The summed E-state index contributed by atoms with van der Waals surface area (Å²) in [5, 5.41) is 11.4. The Morgan fingerprint density at radius 3 is 2.62 bits per heavy atom. The Bertz CT molecular complexity index is 658. The van der Waals surface area contributed by atoms with Crippen LogP contribution in [-0.2, 0) is 4.79 Å². The molecule has 6 nitrogen and oxygen atoms in total. The van der Waals surface area contributed by atoms with Gasteiger partial charge in [0.1, 0.15) is 17.1 Å². The molecule has 1 heterocycles.